The molecule has 3 saturated heterocycles. The number of carbonyl (C=O) groups excluding carboxylic acids is 1. The van der Waals surface area contributed by atoms with Crippen molar-refractivity contribution in [3.8, 4) is 0 Å². The first kappa shape index (κ1) is 18.5. The molecule has 5 heterocycles. The van der Waals surface area contributed by atoms with E-state index in [-0.39, 0.29) is 17.8 Å². The van der Waals surface area contributed by atoms with Crippen molar-refractivity contribution in [1.29, 1.82) is 0 Å². The standard InChI is InChI=1S/C22H28FN5O2/c23-16-14-25-28-18(8-11-24-20(16)28)26-12-9-22(10-13-26)21(29)27-17(6-7-19(27)30-22)15-4-2-1-3-5-15/h8,11,14-15,17,19H,1-7,9-10,12-13H2/t17-,19+/m0/s1. The van der Waals surface area contributed by atoms with Crippen molar-refractivity contribution in [3.63, 3.8) is 0 Å². The highest BCUT2D eigenvalue weighted by molar-refractivity contribution is 5.88. The van der Waals surface area contributed by atoms with Crippen LogP contribution in [0.2, 0.25) is 0 Å². The number of hydrogen-bond acceptors (Lipinski definition) is 5. The van der Waals surface area contributed by atoms with Crippen molar-refractivity contribution in [3.05, 3.63) is 24.3 Å². The molecule has 3 aliphatic heterocycles. The first-order valence-electron chi connectivity index (χ1n) is 11.4. The summed E-state index contributed by atoms with van der Waals surface area (Å²) in [6, 6.07) is 2.22. The highest BCUT2D eigenvalue weighted by atomic mass is 19.1. The summed E-state index contributed by atoms with van der Waals surface area (Å²) in [5.74, 6) is 1.25. The molecule has 30 heavy (non-hydrogen) atoms. The molecule has 0 unspecified atom stereocenters. The Hall–Kier alpha value is -2.22. The molecule has 1 saturated carbocycles. The van der Waals surface area contributed by atoms with E-state index in [0.29, 0.717) is 37.9 Å². The number of piperidine rings is 1. The van der Waals surface area contributed by atoms with Crippen LogP contribution in [0.5, 0.6) is 0 Å². The summed E-state index contributed by atoms with van der Waals surface area (Å²) in [7, 11) is 0. The fourth-order valence-corrected chi connectivity index (χ4v) is 6.25. The van der Waals surface area contributed by atoms with Gasteiger partial charge in [0.05, 0.1) is 6.20 Å². The Bertz CT molecular complexity index is 964. The predicted octanol–water partition coefficient (Wildman–Crippen LogP) is 3.14. The lowest BCUT2D eigenvalue weighted by Gasteiger charge is -2.39. The largest absolute Gasteiger partial charge is 0.356 e. The second-order valence-corrected chi connectivity index (χ2v) is 9.34. The Morgan fingerprint density at radius 2 is 1.90 bits per heavy atom. The molecule has 0 radical (unpaired) electrons. The van der Waals surface area contributed by atoms with E-state index in [2.05, 4.69) is 19.9 Å². The van der Waals surface area contributed by atoms with Gasteiger partial charge in [0.2, 0.25) is 0 Å². The lowest BCUT2D eigenvalue weighted by molar-refractivity contribution is -0.141. The number of amides is 1. The Morgan fingerprint density at radius 1 is 1.10 bits per heavy atom. The smallest absolute Gasteiger partial charge is 0.257 e. The van der Waals surface area contributed by atoms with E-state index in [1.165, 1.54) is 38.3 Å². The number of ether oxygens (including phenoxy) is 1. The van der Waals surface area contributed by atoms with E-state index in [4.69, 9.17) is 4.74 Å². The molecule has 1 spiro atoms. The second kappa shape index (κ2) is 6.90. The lowest BCUT2D eigenvalue weighted by atomic mass is 9.82. The average Bonchev–Trinajstić information content (AvgIpc) is 3.44. The first-order valence-corrected chi connectivity index (χ1v) is 11.4. The van der Waals surface area contributed by atoms with Crippen molar-refractivity contribution >= 4 is 17.4 Å². The van der Waals surface area contributed by atoms with Gasteiger partial charge in [-0.05, 0) is 37.7 Å². The second-order valence-electron chi connectivity index (χ2n) is 9.34. The van der Waals surface area contributed by atoms with Crippen molar-refractivity contribution in [2.75, 3.05) is 18.0 Å². The van der Waals surface area contributed by atoms with Gasteiger partial charge in [-0.15, -0.1) is 0 Å². The van der Waals surface area contributed by atoms with Crippen LogP contribution < -0.4 is 4.90 Å². The van der Waals surface area contributed by atoms with Gasteiger partial charge in [-0.2, -0.15) is 9.61 Å². The third-order valence-electron chi connectivity index (χ3n) is 7.79. The Morgan fingerprint density at radius 3 is 2.70 bits per heavy atom. The van der Waals surface area contributed by atoms with Crippen LogP contribution in [0.15, 0.2) is 18.5 Å². The van der Waals surface area contributed by atoms with Gasteiger partial charge in [0.15, 0.2) is 17.1 Å². The molecule has 2 aromatic heterocycles. The molecule has 0 aromatic carbocycles. The van der Waals surface area contributed by atoms with Crippen LogP contribution in [0.1, 0.15) is 57.8 Å². The zero-order valence-corrected chi connectivity index (χ0v) is 17.2. The van der Waals surface area contributed by atoms with Gasteiger partial charge in [-0.3, -0.25) is 4.79 Å². The van der Waals surface area contributed by atoms with E-state index in [1.54, 1.807) is 10.7 Å². The van der Waals surface area contributed by atoms with Gasteiger partial charge < -0.3 is 14.5 Å². The topological polar surface area (TPSA) is 63.0 Å². The fourth-order valence-electron chi connectivity index (χ4n) is 6.25. The van der Waals surface area contributed by atoms with E-state index < -0.39 is 11.4 Å². The minimum atomic E-state index is -0.685. The van der Waals surface area contributed by atoms with Gasteiger partial charge in [0, 0.05) is 38.2 Å². The fraction of sp³-hybridized carbons (Fsp3) is 0.682. The van der Waals surface area contributed by atoms with Gasteiger partial charge in [0.25, 0.3) is 5.91 Å². The molecule has 4 aliphatic rings. The molecule has 0 bridgehead atoms. The maximum absolute atomic E-state index is 13.9. The zero-order valence-electron chi connectivity index (χ0n) is 17.2. The monoisotopic (exact) mass is 413 g/mol. The lowest BCUT2D eigenvalue weighted by Crippen LogP contribution is -2.52. The summed E-state index contributed by atoms with van der Waals surface area (Å²) >= 11 is 0. The van der Waals surface area contributed by atoms with E-state index >= 15 is 0 Å². The normalized spacial score (nSPS) is 29.3. The molecule has 160 valence electrons. The molecule has 0 N–H and O–H groups in total. The summed E-state index contributed by atoms with van der Waals surface area (Å²) < 4.78 is 21.9. The molecule has 2 aromatic rings. The number of fused-ring (bicyclic) bond motifs is 2. The number of aromatic nitrogens is 3. The van der Waals surface area contributed by atoms with Crippen molar-refractivity contribution in [2.45, 2.75) is 75.7 Å². The molecular weight excluding hydrogens is 385 g/mol. The van der Waals surface area contributed by atoms with Crippen molar-refractivity contribution in [1.82, 2.24) is 19.5 Å². The average molecular weight is 413 g/mol. The maximum Gasteiger partial charge on any atom is 0.257 e. The molecule has 8 heteroatoms. The van der Waals surface area contributed by atoms with Crippen LogP contribution in [0.3, 0.4) is 0 Å². The molecule has 6 rings (SSSR count). The summed E-state index contributed by atoms with van der Waals surface area (Å²) in [4.78, 5) is 21.9. The van der Waals surface area contributed by atoms with Crippen LogP contribution in [0, 0.1) is 11.7 Å². The first-order chi connectivity index (χ1) is 14.7. The number of nitrogens with zero attached hydrogens (tertiary/aromatic N) is 5. The number of carbonyl (C=O) groups is 1. The minimum Gasteiger partial charge on any atom is -0.356 e. The van der Waals surface area contributed by atoms with E-state index in [9.17, 15) is 9.18 Å². The van der Waals surface area contributed by atoms with Gasteiger partial charge in [-0.25, -0.2) is 9.37 Å². The number of halogens is 1. The highest BCUT2D eigenvalue weighted by Crippen LogP contribution is 2.46. The molecular formula is C22H28FN5O2. The van der Waals surface area contributed by atoms with E-state index in [1.807, 2.05) is 6.07 Å². The molecule has 1 amide bonds. The van der Waals surface area contributed by atoms with Crippen LogP contribution in [-0.2, 0) is 9.53 Å². The van der Waals surface area contributed by atoms with Crippen molar-refractivity contribution in [2.24, 2.45) is 5.92 Å². The molecule has 2 atom stereocenters. The van der Waals surface area contributed by atoms with Gasteiger partial charge >= 0.3 is 0 Å². The van der Waals surface area contributed by atoms with E-state index in [0.717, 1.165) is 18.7 Å². The number of hydrogen-bond donors (Lipinski definition) is 0. The number of rotatable bonds is 2. The predicted molar refractivity (Wildman–Crippen MR) is 108 cm³/mol. The molecule has 4 fully saturated rings. The molecule has 1 aliphatic carbocycles. The Labute approximate surface area is 175 Å². The summed E-state index contributed by atoms with van der Waals surface area (Å²) in [5.41, 5.74) is -0.451. The van der Waals surface area contributed by atoms with Gasteiger partial charge in [-0.1, -0.05) is 19.3 Å². The number of anilines is 1. The van der Waals surface area contributed by atoms with Crippen LogP contribution in [0.4, 0.5) is 10.2 Å². The summed E-state index contributed by atoms with van der Waals surface area (Å²) in [6.07, 6.45) is 12.6. The quantitative estimate of drug-likeness (QED) is 0.757. The minimum absolute atomic E-state index is 0.0381. The summed E-state index contributed by atoms with van der Waals surface area (Å²) in [5, 5.41) is 4.14. The summed E-state index contributed by atoms with van der Waals surface area (Å²) in [6.45, 7) is 1.36. The SMILES string of the molecule is O=C1N2[C@@H](CC[C@H]2C2CCCCC2)OC12CCN(c1ccnc3c(F)cnn13)CC2. The van der Waals surface area contributed by atoms with Crippen LogP contribution in [0.25, 0.3) is 5.65 Å². The van der Waals surface area contributed by atoms with Gasteiger partial charge in [0.1, 0.15) is 12.0 Å². The third-order valence-corrected chi connectivity index (χ3v) is 7.79. The Balaban J connectivity index is 1.20. The zero-order chi connectivity index (χ0) is 20.3. The highest BCUT2D eigenvalue weighted by Gasteiger charge is 2.58. The van der Waals surface area contributed by atoms with Crippen molar-refractivity contribution < 1.29 is 13.9 Å². The van der Waals surface area contributed by atoms with Crippen LogP contribution in [-0.4, -0.2) is 56.4 Å². The van der Waals surface area contributed by atoms with Crippen LogP contribution >= 0.6 is 0 Å². The molecule has 7 nitrogen and oxygen atoms in total. The maximum atomic E-state index is 13.9. The third kappa shape index (κ3) is 2.69. The Kier molecular flexibility index (Phi) is 4.27.